The van der Waals surface area contributed by atoms with Gasteiger partial charge >= 0.3 is 0 Å². The molecule has 3 nitrogen and oxygen atoms in total. The molecule has 90 valence electrons. The van der Waals surface area contributed by atoms with Gasteiger partial charge in [-0.2, -0.15) is 0 Å². The molecule has 1 aromatic heterocycles. The van der Waals surface area contributed by atoms with Crippen LogP contribution in [0.25, 0.3) is 0 Å². The van der Waals surface area contributed by atoms with Gasteiger partial charge in [0.1, 0.15) is 0 Å². The second-order valence-electron chi connectivity index (χ2n) is 3.48. The number of halogens is 3. The molecule has 0 unspecified atom stereocenters. The Hall–Kier alpha value is -0.970. The average molecular weight is 250 g/mol. The van der Waals surface area contributed by atoms with Crippen LogP contribution in [0.5, 0.6) is 0 Å². The summed E-state index contributed by atoms with van der Waals surface area (Å²) in [6, 6.07) is 1.80. The van der Waals surface area contributed by atoms with Crippen molar-refractivity contribution in [1.82, 2.24) is 9.97 Å². The Morgan fingerprint density at radius 3 is 2.31 bits per heavy atom. The minimum Gasteiger partial charge on any atom is -0.334 e. The first-order chi connectivity index (χ1) is 7.52. The molecule has 0 spiro atoms. The molecule has 0 amide bonds. The van der Waals surface area contributed by atoms with Crippen LogP contribution in [0.15, 0.2) is 6.07 Å². The highest BCUT2D eigenvalue weighted by atomic mass is 35.5. The van der Waals surface area contributed by atoms with Crippen LogP contribution in [-0.2, 0) is 0 Å². The molecule has 0 fully saturated rings. The Morgan fingerprint density at radius 1 is 1.31 bits per heavy atom. The van der Waals surface area contributed by atoms with E-state index >= 15 is 0 Å². The summed E-state index contributed by atoms with van der Waals surface area (Å²) in [6.45, 7) is 3.53. The fourth-order valence-corrected chi connectivity index (χ4v) is 1.59. The number of hydrogen-bond donors (Lipinski definition) is 0. The first-order valence-electron chi connectivity index (χ1n) is 4.94. The molecule has 0 saturated carbocycles. The van der Waals surface area contributed by atoms with Gasteiger partial charge in [0.25, 0.3) is 6.43 Å². The van der Waals surface area contributed by atoms with Crippen molar-refractivity contribution in [2.75, 3.05) is 23.9 Å². The summed E-state index contributed by atoms with van der Waals surface area (Å²) in [6.07, 6.45) is -2.42. The maximum absolute atomic E-state index is 12.4. The minimum absolute atomic E-state index is 0.267. The maximum atomic E-state index is 12.4. The van der Waals surface area contributed by atoms with Gasteiger partial charge in [-0.1, -0.05) is 0 Å². The molecule has 1 heterocycles. The van der Waals surface area contributed by atoms with Gasteiger partial charge in [0.05, 0.1) is 6.54 Å². The highest BCUT2D eigenvalue weighted by Crippen LogP contribution is 2.11. The molecule has 0 aromatic carbocycles. The Morgan fingerprint density at radius 2 is 1.88 bits per heavy atom. The van der Waals surface area contributed by atoms with Crippen molar-refractivity contribution in [3.05, 3.63) is 17.5 Å². The maximum Gasteiger partial charge on any atom is 0.255 e. The molecule has 0 aliphatic rings. The summed E-state index contributed by atoms with van der Waals surface area (Å²) in [5, 5.41) is 0. The van der Waals surface area contributed by atoms with Gasteiger partial charge in [0.15, 0.2) is 0 Å². The zero-order valence-corrected chi connectivity index (χ0v) is 10.0. The van der Waals surface area contributed by atoms with E-state index in [0.717, 1.165) is 11.4 Å². The van der Waals surface area contributed by atoms with E-state index in [0.29, 0.717) is 12.5 Å². The van der Waals surface area contributed by atoms with Gasteiger partial charge in [-0.05, 0) is 19.9 Å². The van der Waals surface area contributed by atoms with Crippen LogP contribution in [0.1, 0.15) is 11.4 Å². The fraction of sp³-hybridized carbons (Fsp3) is 0.600. The Bertz CT molecular complexity index is 327. The quantitative estimate of drug-likeness (QED) is 0.751. The zero-order chi connectivity index (χ0) is 12.1. The average Bonchev–Trinajstić information content (AvgIpc) is 2.14. The molecule has 1 aromatic rings. The van der Waals surface area contributed by atoms with Crippen molar-refractivity contribution in [3.63, 3.8) is 0 Å². The van der Waals surface area contributed by atoms with E-state index in [9.17, 15) is 8.78 Å². The van der Waals surface area contributed by atoms with E-state index in [-0.39, 0.29) is 5.88 Å². The van der Waals surface area contributed by atoms with Gasteiger partial charge in [-0.15, -0.1) is 11.6 Å². The van der Waals surface area contributed by atoms with Crippen LogP contribution >= 0.6 is 11.6 Å². The fourth-order valence-electron chi connectivity index (χ4n) is 1.39. The second kappa shape index (κ2) is 5.94. The predicted molar refractivity (Wildman–Crippen MR) is 60.4 cm³/mol. The molecule has 0 radical (unpaired) electrons. The molecule has 0 saturated heterocycles. The van der Waals surface area contributed by atoms with Crippen molar-refractivity contribution in [1.29, 1.82) is 0 Å². The largest absolute Gasteiger partial charge is 0.334 e. The minimum atomic E-state index is -2.42. The van der Waals surface area contributed by atoms with Crippen LogP contribution in [0.4, 0.5) is 14.7 Å². The van der Waals surface area contributed by atoms with Gasteiger partial charge < -0.3 is 4.90 Å². The summed E-state index contributed by atoms with van der Waals surface area (Å²) in [7, 11) is 0. The van der Waals surface area contributed by atoms with E-state index in [1.807, 2.05) is 0 Å². The van der Waals surface area contributed by atoms with Crippen LogP contribution in [0, 0.1) is 13.8 Å². The van der Waals surface area contributed by atoms with Crippen molar-refractivity contribution in [2.24, 2.45) is 0 Å². The Balaban J connectivity index is 2.90. The smallest absolute Gasteiger partial charge is 0.255 e. The summed E-state index contributed by atoms with van der Waals surface area (Å²) >= 11 is 5.57. The first-order valence-corrected chi connectivity index (χ1v) is 5.47. The monoisotopic (exact) mass is 249 g/mol. The molecule has 0 aliphatic heterocycles. The lowest BCUT2D eigenvalue weighted by Crippen LogP contribution is -2.32. The lowest BCUT2D eigenvalue weighted by molar-refractivity contribution is 0.154. The lowest BCUT2D eigenvalue weighted by atomic mass is 10.3. The molecule has 0 aliphatic carbocycles. The number of anilines is 1. The molecule has 0 N–H and O–H groups in total. The third-order valence-corrected chi connectivity index (χ3v) is 2.14. The molecule has 16 heavy (non-hydrogen) atoms. The summed E-state index contributed by atoms with van der Waals surface area (Å²) in [5.41, 5.74) is 1.52. The molecule has 0 atom stereocenters. The Kier molecular flexibility index (Phi) is 4.86. The van der Waals surface area contributed by atoms with Crippen molar-refractivity contribution >= 4 is 17.5 Å². The third kappa shape index (κ3) is 3.89. The van der Waals surface area contributed by atoms with Crippen LogP contribution in [0.3, 0.4) is 0 Å². The number of aromatic nitrogens is 2. The lowest BCUT2D eigenvalue weighted by Gasteiger charge is -2.21. The number of hydrogen-bond acceptors (Lipinski definition) is 3. The van der Waals surface area contributed by atoms with E-state index in [4.69, 9.17) is 11.6 Å². The van der Waals surface area contributed by atoms with E-state index in [1.165, 1.54) is 4.90 Å². The number of rotatable bonds is 5. The highest BCUT2D eigenvalue weighted by Gasteiger charge is 2.15. The SMILES string of the molecule is Cc1cc(C)nc(N(CCCl)CC(F)F)n1. The number of aryl methyl sites for hydroxylation is 2. The standard InChI is InChI=1S/C10H14ClF2N3/c1-7-5-8(2)15-10(14-7)16(4-3-11)6-9(12)13/h5,9H,3-4,6H2,1-2H3. The molecular weight excluding hydrogens is 236 g/mol. The molecular formula is C10H14ClF2N3. The topological polar surface area (TPSA) is 29.0 Å². The number of nitrogens with zero attached hydrogens (tertiary/aromatic N) is 3. The summed E-state index contributed by atoms with van der Waals surface area (Å²) < 4.78 is 24.7. The van der Waals surface area contributed by atoms with Crippen LogP contribution in [0.2, 0.25) is 0 Å². The highest BCUT2D eigenvalue weighted by molar-refractivity contribution is 6.18. The zero-order valence-electron chi connectivity index (χ0n) is 9.25. The second-order valence-corrected chi connectivity index (χ2v) is 3.85. The normalized spacial score (nSPS) is 10.9. The van der Waals surface area contributed by atoms with Gasteiger partial charge in [-0.3, -0.25) is 0 Å². The van der Waals surface area contributed by atoms with Gasteiger partial charge in [-0.25, -0.2) is 18.7 Å². The molecule has 6 heteroatoms. The Labute approximate surface area is 98.5 Å². The van der Waals surface area contributed by atoms with Crippen molar-refractivity contribution in [3.8, 4) is 0 Å². The van der Waals surface area contributed by atoms with Gasteiger partial charge in [0, 0.05) is 23.8 Å². The predicted octanol–water partition coefficient (Wildman–Crippen LogP) is 2.40. The van der Waals surface area contributed by atoms with E-state index in [1.54, 1.807) is 19.9 Å². The van der Waals surface area contributed by atoms with E-state index < -0.39 is 13.0 Å². The summed E-state index contributed by atoms with van der Waals surface area (Å²) in [4.78, 5) is 9.66. The number of alkyl halides is 3. The molecule has 0 bridgehead atoms. The third-order valence-electron chi connectivity index (χ3n) is 1.97. The first kappa shape index (κ1) is 13.1. The van der Waals surface area contributed by atoms with Crippen molar-refractivity contribution in [2.45, 2.75) is 20.3 Å². The van der Waals surface area contributed by atoms with Crippen molar-refractivity contribution < 1.29 is 8.78 Å². The summed E-state index contributed by atoms with van der Waals surface area (Å²) in [5.74, 6) is 0.585. The van der Waals surface area contributed by atoms with Gasteiger partial charge in [0.2, 0.25) is 5.95 Å². The van der Waals surface area contributed by atoms with Crippen LogP contribution in [-0.4, -0.2) is 35.4 Å². The molecule has 1 rings (SSSR count). The van der Waals surface area contributed by atoms with Crippen LogP contribution < -0.4 is 4.90 Å². The van der Waals surface area contributed by atoms with E-state index in [2.05, 4.69) is 9.97 Å².